The zero-order valence-corrected chi connectivity index (χ0v) is 13.9. The molecular weight excluding hydrogens is 270 g/mol. The van der Waals surface area contributed by atoms with E-state index in [-0.39, 0.29) is 0 Å². The van der Waals surface area contributed by atoms with E-state index in [0.717, 1.165) is 37.0 Å². The Kier molecular flexibility index (Phi) is 3.36. The molecule has 0 aliphatic heterocycles. The molecule has 0 aromatic carbocycles. The van der Waals surface area contributed by atoms with Gasteiger partial charge in [0.2, 0.25) is 0 Å². The fraction of sp³-hybridized carbons (Fsp3) is 0.750. The summed E-state index contributed by atoms with van der Waals surface area (Å²) in [6.07, 6.45) is 12.1. The Morgan fingerprint density at radius 2 is 2.14 bits per heavy atom. The third-order valence-electron chi connectivity index (χ3n) is 7.47. The third kappa shape index (κ3) is 1.91. The van der Waals surface area contributed by atoms with Gasteiger partial charge in [0.25, 0.3) is 0 Å². The van der Waals surface area contributed by atoms with Crippen LogP contribution in [0.3, 0.4) is 0 Å². The van der Waals surface area contributed by atoms with Crippen LogP contribution >= 0.6 is 0 Å². The molecule has 0 saturated heterocycles. The molecule has 118 valence electrons. The summed E-state index contributed by atoms with van der Waals surface area (Å²) in [5.41, 5.74) is 3.73. The second-order valence-electron chi connectivity index (χ2n) is 8.10. The maximum Gasteiger partial charge on any atom is 0.0959 e. The zero-order chi connectivity index (χ0) is 15.3. The first-order valence-electron chi connectivity index (χ1n) is 9.01. The van der Waals surface area contributed by atoms with E-state index in [0.29, 0.717) is 11.3 Å². The number of ether oxygens (including phenoxy) is 1. The number of methoxy groups -OCH3 is 1. The van der Waals surface area contributed by atoms with E-state index >= 15 is 0 Å². The average Bonchev–Trinajstić information content (AvgIpc) is 2.90. The molecule has 0 aromatic rings. The first kappa shape index (κ1) is 14.4. The van der Waals surface area contributed by atoms with Gasteiger partial charge in [-0.3, -0.25) is 0 Å². The second kappa shape index (κ2) is 5.15. The average molecular weight is 297 g/mol. The minimum absolute atomic E-state index is 0.302. The summed E-state index contributed by atoms with van der Waals surface area (Å²) in [5.74, 6) is 3.91. The highest BCUT2D eigenvalue weighted by molar-refractivity contribution is 5.32. The molecule has 0 heterocycles. The van der Waals surface area contributed by atoms with Gasteiger partial charge in [-0.25, -0.2) is 0 Å². The molecule has 0 bridgehead atoms. The summed E-state index contributed by atoms with van der Waals surface area (Å²) < 4.78 is 5.48. The Balaban J connectivity index is 1.61. The van der Waals surface area contributed by atoms with Crippen LogP contribution in [0.4, 0.5) is 0 Å². The molecule has 22 heavy (non-hydrogen) atoms. The Morgan fingerprint density at radius 1 is 1.27 bits per heavy atom. The molecule has 5 unspecified atom stereocenters. The number of allylic oxidation sites excluding steroid dienone is 3. The summed E-state index contributed by atoms with van der Waals surface area (Å²) in [4.78, 5) is 0. The Bertz CT molecular complexity index is 581. The van der Waals surface area contributed by atoms with Gasteiger partial charge >= 0.3 is 0 Å². The topological polar surface area (TPSA) is 33.0 Å². The predicted molar refractivity (Wildman–Crippen MR) is 86.7 cm³/mol. The van der Waals surface area contributed by atoms with Crippen LogP contribution < -0.4 is 0 Å². The fourth-order valence-electron chi connectivity index (χ4n) is 6.26. The molecular formula is C20H27NO. The van der Waals surface area contributed by atoms with Crippen molar-refractivity contribution in [3.8, 4) is 6.07 Å². The summed E-state index contributed by atoms with van der Waals surface area (Å²) in [7, 11) is 1.80. The van der Waals surface area contributed by atoms with Crippen molar-refractivity contribution >= 4 is 0 Å². The highest BCUT2D eigenvalue weighted by atomic mass is 16.5. The Labute approximate surface area is 134 Å². The second-order valence-corrected chi connectivity index (χ2v) is 8.10. The highest BCUT2D eigenvalue weighted by Crippen LogP contribution is 2.62. The number of rotatable bonds is 1. The predicted octanol–water partition coefficient (Wildman–Crippen LogP) is 4.98. The monoisotopic (exact) mass is 297 g/mol. The van der Waals surface area contributed by atoms with Gasteiger partial charge < -0.3 is 4.74 Å². The summed E-state index contributed by atoms with van der Waals surface area (Å²) >= 11 is 0. The minimum atomic E-state index is 0.302. The fourth-order valence-corrected chi connectivity index (χ4v) is 6.26. The number of hydrogen-bond acceptors (Lipinski definition) is 2. The zero-order valence-electron chi connectivity index (χ0n) is 13.9. The molecule has 2 saturated carbocycles. The summed E-state index contributed by atoms with van der Waals surface area (Å²) in [5, 5.41) is 9.53. The molecule has 4 aliphatic rings. The first-order valence-corrected chi connectivity index (χ1v) is 9.01. The summed E-state index contributed by atoms with van der Waals surface area (Å²) in [6, 6.07) is 2.63. The van der Waals surface area contributed by atoms with Crippen LogP contribution in [-0.2, 0) is 4.74 Å². The van der Waals surface area contributed by atoms with Gasteiger partial charge in [0.05, 0.1) is 24.9 Å². The van der Waals surface area contributed by atoms with Crippen molar-refractivity contribution in [1.29, 1.82) is 5.26 Å². The van der Waals surface area contributed by atoms with E-state index in [2.05, 4.69) is 19.1 Å². The van der Waals surface area contributed by atoms with Crippen LogP contribution in [0.2, 0.25) is 0 Å². The Morgan fingerprint density at radius 3 is 2.91 bits per heavy atom. The number of nitriles is 1. The lowest BCUT2D eigenvalue weighted by atomic mass is 9.53. The molecule has 2 heteroatoms. The molecule has 0 radical (unpaired) electrons. The standard InChI is InChI=1S/C20H27NO/c1-20-10-9-17-16-7-5-15(22-2)11-13(16)3-6-18(17)19(20)8-4-14(20)12-21/h5,14,17-19H,3-4,6-11H2,1-2H3. The van der Waals surface area contributed by atoms with Gasteiger partial charge in [-0.1, -0.05) is 18.1 Å². The lowest BCUT2D eigenvalue weighted by Gasteiger charge is -2.51. The van der Waals surface area contributed by atoms with E-state index < -0.39 is 0 Å². The minimum Gasteiger partial charge on any atom is -0.501 e. The van der Waals surface area contributed by atoms with E-state index in [1.807, 2.05) is 0 Å². The number of hydrogen-bond donors (Lipinski definition) is 0. The molecule has 2 fully saturated rings. The van der Waals surface area contributed by atoms with Crippen molar-refractivity contribution in [1.82, 2.24) is 0 Å². The van der Waals surface area contributed by atoms with E-state index in [1.54, 1.807) is 18.3 Å². The molecule has 4 aliphatic carbocycles. The van der Waals surface area contributed by atoms with Gasteiger partial charge in [0.1, 0.15) is 0 Å². The molecule has 0 aromatic heterocycles. The lowest BCUT2D eigenvalue weighted by Crippen LogP contribution is -2.43. The van der Waals surface area contributed by atoms with Gasteiger partial charge in [0, 0.05) is 6.42 Å². The largest absolute Gasteiger partial charge is 0.501 e. The van der Waals surface area contributed by atoms with E-state index in [4.69, 9.17) is 4.74 Å². The van der Waals surface area contributed by atoms with Crippen molar-refractivity contribution < 1.29 is 4.74 Å². The number of nitrogens with zero attached hydrogens (tertiary/aromatic N) is 1. The van der Waals surface area contributed by atoms with Crippen LogP contribution in [0.1, 0.15) is 58.3 Å². The van der Waals surface area contributed by atoms with Crippen molar-refractivity contribution in [3.63, 3.8) is 0 Å². The maximum atomic E-state index is 9.53. The molecule has 0 N–H and O–H groups in total. The first-order chi connectivity index (χ1) is 10.7. The van der Waals surface area contributed by atoms with Crippen molar-refractivity contribution in [2.24, 2.45) is 29.1 Å². The quantitative estimate of drug-likeness (QED) is 0.639. The van der Waals surface area contributed by atoms with E-state index in [1.165, 1.54) is 37.9 Å². The highest BCUT2D eigenvalue weighted by Gasteiger charge is 2.55. The summed E-state index contributed by atoms with van der Waals surface area (Å²) in [6.45, 7) is 2.42. The third-order valence-corrected chi connectivity index (χ3v) is 7.47. The lowest BCUT2D eigenvalue weighted by molar-refractivity contribution is 0.0268. The molecule has 4 rings (SSSR count). The van der Waals surface area contributed by atoms with Crippen molar-refractivity contribution in [2.75, 3.05) is 7.11 Å². The van der Waals surface area contributed by atoms with Crippen LogP contribution in [0, 0.1) is 40.4 Å². The molecule has 5 atom stereocenters. The van der Waals surface area contributed by atoms with Gasteiger partial charge in [-0.15, -0.1) is 0 Å². The molecule has 0 amide bonds. The van der Waals surface area contributed by atoms with Crippen LogP contribution in [0.5, 0.6) is 0 Å². The molecule has 2 nitrogen and oxygen atoms in total. The SMILES string of the molecule is COC1=CCC2=C(CCC3C2CCC2(C)C(C#N)CCC32)C1. The van der Waals surface area contributed by atoms with Crippen LogP contribution in [0.25, 0.3) is 0 Å². The van der Waals surface area contributed by atoms with Crippen molar-refractivity contribution in [3.05, 3.63) is 23.0 Å². The number of fused-ring (bicyclic) bond motifs is 4. The Hall–Kier alpha value is -1.23. The van der Waals surface area contributed by atoms with E-state index in [9.17, 15) is 5.26 Å². The normalized spacial score (nSPS) is 43.6. The molecule has 0 spiro atoms. The van der Waals surface area contributed by atoms with Crippen LogP contribution in [-0.4, -0.2) is 7.11 Å². The smallest absolute Gasteiger partial charge is 0.0959 e. The van der Waals surface area contributed by atoms with Crippen LogP contribution in [0.15, 0.2) is 23.0 Å². The maximum absolute atomic E-state index is 9.53. The van der Waals surface area contributed by atoms with Gasteiger partial charge in [0.15, 0.2) is 0 Å². The van der Waals surface area contributed by atoms with Crippen molar-refractivity contribution in [2.45, 2.75) is 58.3 Å². The van der Waals surface area contributed by atoms with Gasteiger partial charge in [-0.05, 0) is 74.2 Å². The van der Waals surface area contributed by atoms with Gasteiger partial charge in [-0.2, -0.15) is 5.26 Å².